The van der Waals surface area contributed by atoms with Crippen LogP contribution in [0.1, 0.15) is 53.1 Å². The molecule has 7 heteroatoms. The van der Waals surface area contributed by atoms with Crippen molar-refractivity contribution in [2.75, 3.05) is 6.61 Å². The minimum atomic E-state index is -3.76. The van der Waals surface area contributed by atoms with Gasteiger partial charge in [-0.3, -0.25) is 0 Å². The van der Waals surface area contributed by atoms with Crippen LogP contribution in [0.25, 0.3) is 0 Å². The molecule has 2 aromatic rings. The number of carbonyl (C=O) groups excluding carboxylic acids is 1. The molecule has 0 aliphatic heterocycles. The van der Waals surface area contributed by atoms with Crippen molar-refractivity contribution in [3.63, 3.8) is 0 Å². The summed E-state index contributed by atoms with van der Waals surface area (Å²) in [6.45, 7) is 3.64. The molecule has 1 heterocycles. The lowest BCUT2D eigenvalue weighted by Crippen LogP contribution is -2.31. The molecule has 26 heavy (non-hydrogen) atoms. The van der Waals surface area contributed by atoms with Crippen LogP contribution in [0.5, 0.6) is 0 Å². The number of rotatable bonds is 5. The van der Waals surface area contributed by atoms with Crippen molar-refractivity contribution in [1.29, 1.82) is 0 Å². The Morgan fingerprint density at radius 1 is 1.35 bits per heavy atom. The first-order valence-corrected chi connectivity index (χ1v) is 10.3. The van der Waals surface area contributed by atoms with Crippen LogP contribution < -0.4 is 4.72 Å². The number of esters is 1. The number of nitrogens with zero attached hydrogens (tertiary/aromatic N) is 1. The second-order valence-electron chi connectivity index (χ2n) is 6.52. The quantitative estimate of drug-likeness (QED) is 0.814. The fraction of sp³-hybridized carbons (Fsp3) is 0.421. The number of hydrogen-bond acceptors (Lipinski definition) is 4. The molecule has 0 fully saturated rings. The van der Waals surface area contributed by atoms with Gasteiger partial charge in [-0.05, 0) is 50.3 Å². The molecule has 1 aliphatic carbocycles. The average molecular weight is 376 g/mol. The summed E-state index contributed by atoms with van der Waals surface area (Å²) >= 11 is 0. The number of fused-ring (bicyclic) bond motifs is 1. The standard InChI is InChI=1S/C19H24N2O4S/c1-4-25-19(22)17-12-18(13(2)21(17)3)26(23,24)20-16-11-7-9-14-8-5-6-10-15(14)16/h5-6,8,10,12,16,20H,4,7,9,11H2,1-3H3/t16-/m1/s1. The maximum Gasteiger partial charge on any atom is 0.354 e. The van der Waals surface area contributed by atoms with Gasteiger partial charge in [-0.25, -0.2) is 17.9 Å². The van der Waals surface area contributed by atoms with Gasteiger partial charge in [0.2, 0.25) is 10.0 Å². The van der Waals surface area contributed by atoms with E-state index in [1.807, 2.05) is 24.3 Å². The topological polar surface area (TPSA) is 77.4 Å². The van der Waals surface area contributed by atoms with E-state index in [9.17, 15) is 13.2 Å². The Morgan fingerprint density at radius 3 is 2.81 bits per heavy atom. The molecular formula is C19H24N2O4S. The van der Waals surface area contributed by atoms with E-state index in [-0.39, 0.29) is 23.2 Å². The molecular weight excluding hydrogens is 352 g/mol. The molecule has 0 amide bonds. The van der Waals surface area contributed by atoms with E-state index in [0.29, 0.717) is 5.69 Å². The van der Waals surface area contributed by atoms with Crippen LogP contribution in [0.3, 0.4) is 0 Å². The van der Waals surface area contributed by atoms with Crippen molar-refractivity contribution < 1.29 is 17.9 Å². The van der Waals surface area contributed by atoms with Gasteiger partial charge in [0.1, 0.15) is 10.6 Å². The number of aryl methyl sites for hydroxylation is 1. The molecule has 1 atom stereocenters. The second-order valence-corrected chi connectivity index (χ2v) is 8.21. The average Bonchev–Trinajstić information content (AvgIpc) is 2.91. The maximum atomic E-state index is 13.0. The fourth-order valence-electron chi connectivity index (χ4n) is 3.47. The molecule has 140 valence electrons. The van der Waals surface area contributed by atoms with Crippen molar-refractivity contribution >= 4 is 16.0 Å². The van der Waals surface area contributed by atoms with Gasteiger partial charge in [-0.2, -0.15) is 0 Å². The fourth-order valence-corrected chi connectivity index (χ4v) is 5.01. The van der Waals surface area contributed by atoms with Gasteiger partial charge in [0.15, 0.2) is 0 Å². The predicted molar refractivity (Wildman–Crippen MR) is 98.5 cm³/mol. The van der Waals surface area contributed by atoms with E-state index in [1.165, 1.54) is 11.6 Å². The first kappa shape index (κ1) is 18.7. The minimum Gasteiger partial charge on any atom is -0.461 e. The van der Waals surface area contributed by atoms with E-state index < -0.39 is 16.0 Å². The monoisotopic (exact) mass is 376 g/mol. The number of hydrogen-bond donors (Lipinski definition) is 1. The molecule has 3 rings (SSSR count). The number of sulfonamides is 1. The van der Waals surface area contributed by atoms with E-state index in [4.69, 9.17) is 4.74 Å². The third-order valence-corrected chi connectivity index (χ3v) is 6.52. The highest BCUT2D eigenvalue weighted by molar-refractivity contribution is 7.89. The Bertz CT molecular complexity index is 931. The molecule has 1 aliphatic rings. The van der Waals surface area contributed by atoms with Crippen LogP contribution in [0, 0.1) is 6.92 Å². The zero-order chi connectivity index (χ0) is 18.9. The zero-order valence-electron chi connectivity index (χ0n) is 15.3. The Hall–Kier alpha value is -2.12. The zero-order valence-corrected chi connectivity index (χ0v) is 16.1. The molecule has 6 nitrogen and oxygen atoms in total. The van der Waals surface area contributed by atoms with Gasteiger partial charge in [0.25, 0.3) is 0 Å². The molecule has 0 saturated carbocycles. The summed E-state index contributed by atoms with van der Waals surface area (Å²) in [5.41, 5.74) is 2.95. The number of nitrogens with one attached hydrogen (secondary N) is 1. The normalized spacial score (nSPS) is 17.0. The van der Waals surface area contributed by atoms with Crippen molar-refractivity contribution in [2.45, 2.75) is 44.0 Å². The summed E-state index contributed by atoms with van der Waals surface area (Å²) in [6.07, 6.45) is 2.66. The molecule has 0 bridgehead atoms. The van der Waals surface area contributed by atoms with Crippen LogP contribution in [0.4, 0.5) is 0 Å². The van der Waals surface area contributed by atoms with Gasteiger partial charge in [-0.1, -0.05) is 24.3 Å². The SMILES string of the molecule is CCOC(=O)c1cc(S(=O)(=O)N[C@@H]2CCCc3ccccc32)c(C)n1C. The van der Waals surface area contributed by atoms with Gasteiger partial charge in [0, 0.05) is 18.8 Å². The van der Waals surface area contributed by atoms with E-state index >= 15 is 0 Å². The lowest BCUT2D eigenvalue weighted by Gasteiger charge is -2.26. The number of carbonyl (C=O) groups is 1. The van der Waals surface area contributed by atoms with Crippen LogP contribution in [-0.4, -0.2) is 25.6 Å². The lowest BCUT2D eigenvalue weighted by molar-refractivity contribution is 0.0515. The summed E-state index contributed by atoms with van der Waals surface area (Å²) in [5, 5.41) is 0. The highest BCUT2D eigenvalue weighted by Gasteiger charge is 2.29. The van der Waals surface area contributed by atoms with E-state index in [0.717, 1.165) is 24.8 Å². The predicted octanol–water partition coefficient (Wildman–Crippen LogP) is 2.87. The van der Waals surface area contributed by atoms with Crippen LogP contribution in [0.2, 0.25) is 0 Å². The molecule has 1 aromatic heterocycles. The van der Waals surface area contributed by atoms with Crippen molar-refractivity contribution in [3.05, 3.63) is 52.8 Å². The largest absolute Gasteiger partial charge is 0.461 e. The summed E-state index contributed by atoms with van der Waals surface area (Å²) in [7, 11) is -2.10. The smallest absolute Gasteiger partial charge is 0.354 e. The highest BCUT2D eigenvalue weighted by atomic mass is 32.2. The molecule has 1 aromatic carbocycles. The number of aromatic nitrogens is 1. The number of ether oxygens (including phenoxy) is 1. The second kappa shape index (κ2) is 7.25. The van der Waals surface area contributed by atoms with Gasteiger partial charge >= 0.3 is 5.97 Å². The van der Waals surface area contributed by atoms with Crippen molar-refractivity contribution in [1.82, 2.24) is 9.29 Å². The first-order chi connectivity index (χ1) is 12.3. The van der Waals surface area contributed by atoms with E-state index in [1.54, 1.807) is 25.5 Å². The molecule has 0 radical (unpaired) electrons. The summed E-state index contributed by atoms with van der Waals surface area (Å²) in [4.78, 5) is 12.2. The third-order valence-electron chi connectivity index (χ3n) is 4.93. The maximum absolute atomic E-state index is 13.0. The lowest BCUT2D eigenvalue weighted by atomic mass is 9.88. The Kier molecular flexibility index (Phi) is 5.20. The summed E-state index contributed by atoms with van der Waals surface area (Å²) < 4.78 is 35.4. The molecule has 0 unspecified atom stereocenters. The van der Waals surface area contributed by atoms with Crippen LogP contribution in [-0.2, 0) is 28.2 Å². The van der Waals surface area contributed by atoms with Crippen LogP contribution in [0.15, 0.2) is 35.2 Å². The minimum absolute atomic E-state index is 0.117. The van der Waals surface area contributed by atoms with Crippen molar-refractivity contribution in [3.8, 4) is 0 Å². The Morgan fingerprint density at radius 2 is 2.08 bits per heavy atom. The van der Waals surface area contributed by atoms with Gasteiger partial charge in [0.05, 0.1) is 6.61 Å². The van der Waals surface area contributed by atoms with Crippen LogP contribution >= 0.6 is 0 Å². The molecule has 0 spiro atoms. The van der Waals surface area contributed by atoms with Crippen molar-refractivity contribution in [2.24, 2.45) is 7.05 Å². The van der Waals surface area contributed by atoms with Gasteiger partial charge in [-0.15, -0.1) is 0 Å². The molecule has 1 N–H and O–H groups in total. The summed E-state index contributed by atoms with van der Waals surface area (Å²) in [6, 6.07) is 9.06. The number of benzene rings is 1. The van der Waals surface area contributed by atoms with Gasteiger partial charge < -0.3 is 9.30 Å². The highest BCUT2D eigenvalue weighted by Crippen LogP contribution is 2.31. The summed E-state index contributed by atoms with van der Waals surface area (Å²) in [5.74, 6) is -0.525. The Balaban J connectivity index is 1.93. The molecule has 0 saturated heterocycles. The third kappa shape index (κ3) is 3.41. The Labute approximate surface area is 154 Å². The van der Waals surface area contributed by atoms with E-state index in [2.05, 4.69) is 4.72 Å². The first-order valence-electron chi connectivity index (χ1n) is 8.78.